The Morgan fingerprint density at radius 2 is 2.04 bits per heavy atom. The third kappa shape index (κ3) is 3.80. The highest BCUT2D eigenvalue weighted by Gasteiger charge is 2.24. The van der Waals surface area contributed by atoms with Gasteiger partial charge in [-0.15, -0.1) is 11.3 Å². The number of likely N-dealkylation sites (tertiary alicyclic amines) is 1. The molecule has 1 saturated heterocycles. The lowest BCUT2D eigenvalue weighted by molar-refractivity contribution is 0.112. The number of piperidine rings is 1. The molecule has 1 aromatic carbocycles. The minimum atomic E-state index is 0.00341. The van der Waals surface area contributed by atoms with Crippen molar-refractivity contribution in [2.75, 3.05) is 13.1 Å². The van der Waals surface area contributed by atoms with E-state index < -0.39 is 0 Å². The van der Waals surface area contributed by atoms with E-state index in [9.17, 15) is 4.79 Å². The van der Waals surface area contributed by atoms with Gasteiger partial charge in [0.15, 0.2) is 0 Å². The van der Waals surface area contributed by atoms with Crippen LogP contribution in [0.25, 0.3) is 10.9 Å². The van der Waals surface area contributed by atoms with Crippen LogP contribution in [0.15, 0.2) is 54.0 Å². The number of benzene rings is 1. The van der Waals surface area contributed by atoms with Crippen LogP contribution in [0.2, 0.25) is 0 Å². The Balaban J connectivity index is 1.31. The van der Waals surface area contributed by atoms with E-state index in [1.807, 2.05) is 52.7 Å². The fourth-order valence-corrected chi connectivity index (χ4v) is 3.86. The first-order valence-electron chi connectivity index (χ1n) is 8.85. The van der Waals surface area contributed by atoms with Crippen LogP contribution in [0.3, 0.4) is 0 Å². The fourth-order valence-electron chi connectivity index (χ4n) is 3.22. The molecule has 134 valence electrons. The molecule has 1 N–H and O–H groups in total. The molecule has 5 nitrogen and oxygen atoms in total. The minimum absolute atomic E-state index is 0.00341. The topological polar surface area (TPSA) is 54.5 Å². The number of nitrogens with one attached hydrogen (secondary N) is 1. The molecule has 2 amide bonds. The van der Waals surface area contributed by atoms with Gasteiger partial charge in [0.25, 0.3) is 0 Å². The Hall–Kier alpha value is -2.60. The molecule has 0 unspecified atom stereocenters. The lowest BCUT2D eigenvalue weighted by Gasteiger charge is -2.32. The Bertz CT molecular complexity index is 868. The first kappa shape index (κ1) is 16.8. The van der Waals surface area contributed by atoms with Crippen molar-refractivity contribution in [2.24, 2.45) is 0 Å². The second-order valence-corrected chi connectivity index (χ2v) is 7.41. The molecule has 1 aliphatic rings. The van der Waals surface area contributed by atoms with Crippen LogP contribution in [0.1, 0.15) is 17.7 Å². The van der Waals surface area contributed by atoms with Crippen LogP contribution in [0.4, 0.5) is 4.79 Å². The van der Waals surface area contributed by atoms with E-state index in [0.717, 1.165) is 29.5 Å². The average Bonchev–Trinajstić information content (AvgIpc) is 3.21. The molecule has 2 aromatic heterocycles. The predicted octanol–water partition coefficient (Wildman–Crippen LogP) is 4.05. The standard InChI is InChI=1S/C20H21N3O2S/c24-20(22-14-17-6-3-13-26-17)23-11-8-16(9-12-23)25-18-7-1-4-15-5-2-10-21-19(15)18/h1-7,10,13,16H,8-9,11-12,14H2,(H,22,24). The van der Waals surface area contributed by atoms with Gasteiger partial charge in [-0.1, -0.05) is 24.3 Å². The van der Waals surface area contributed by atoms with Gasteiger partial charge in [-0.3, -0.25) is 4.98 Å². The van der Waals surface area contributed by atoms with Crippen LogP contribution in [-0.2, 0) is 6.54 Å². The normalized spacial score (nSPS) is 15.2. The molecule has 0 saturated carbocycles. The summed E-state index contributed by atoms with van der Waals surface area (Å²) in [6.07, 6.45) is 3.56. The summed E-state index contributed by atoms with van der Waals surface area (Å²) in [5.74, 6) is 0.823. The van der Waals surface area contributed by atoms with E-state index in [1.54, 1.807) is 17.5 Å². The highest BCUT2D eigenvalue weighted by molar-refractivity contribution is 7.09. The van der Waals surface area contributed by atoms with Gasteiger partial charge in [-0.25, -0.2) is 4.79 Å². The maximum absolute atomic E-state index is 12.3. The van der Waals surface area contributed by atoms with Crippen molar-refractivity contribution in [3.05, 3.63) is 58.9 Å². The number of aromatic nitrogens is 1. The number of nitrogens with zero attached hydrogens (tertiary/aromatic N) is 2. The van der Waals surface area contributed by atoms with Crippen molar-refractivity contribution in [1.82, 2.24) is 15.2 Å². The number of rotatable bonds is 4. The van der Waals surface area contributed by atoms with E-state index in [-0.39, 0.29) is 12.1 Å². The molecule has 3 aromatic rings. The molecule has 26 heavy (non-hydrogen) atoms. The zero-order valence-electron chi connectivity index (χ0n) is 14.4. The molecule has 4 rings (SSSR count). The van der Waals surface area contributed by atoms with Crippen molar-refractivity contribution in [2.45, 2.75) is 25.5 Å². The molecule has 0 spiro atoms. The van der Waals surface area contributed by atoms with Crippen LogP contribution in [-0.4, -0.2) is 35.1 Å². The van der Waals surface area contributed by atoms with Gasteiger partial charge in [0.05, 0.1) is 6.54 Å². The predicted molar refractivity (Wildman–Crippen MR) is 104 cm³/mol. The number of hydrogen-bond donors (Lipinski definition) is 1. The summed E-state index contributed by atoms with van der Waals surface area (Å²) < 4.78 is 6.20. The van der Waals surface area contributed by atoms with Crippen molar-refractivity contribution >= 4 is 28.3 Å². The summed E-state index contributed by atoms with van der Waals surface area (Å²) in [5, 5.41) is 6.09. The molecule has 1 fully saturated rings. The number of pyridine rings is 1. The van der Waals surface area contributed by atoms with Gasteiger partial charge in [-0.2, -0.15) is 0 Å². The van der Waals surface area contributed by atoms with Crippen LogP contribution in [0.5, 0.6) is 5.75 Å². The number of fused-ring (bicyclic) bond motifs is 1. The molecule has 0 atom stereocenters. The summed E-state index contributed by atoms with van der Waals surface area (Å²) in [7, 11) is 0. The first-order chi connectivity index (χ1) is 12.8. The lowest BCUT2D eigenvalue weighted by Crippen LogP contribution is -2.46. The molecule has 1 aliphatic heterocycles. The molecule has 0 aliphatic carbocycles. The Morgan fingerprint density at radius 1 is 1.19 bits per heavy atom. The van der Waals surface area contributed by atoms with Gasteiger partial charge in [0, 0.05) is 42.4 Å². The molecule has 0 bridgehead atoms. The van der Waals surface area contributed by atoms with Gasteiger partial charge in [0.1, 0.15) is 17.4 Å². The van der Waals surface area contributed by atoms with E-state index in [1.165, 1.54) is 4.88 Å². The number of amides is 2. The van der Waals surface area contributed by atoms with E-state index >= 15 is 0 Å². The van der Waals surface area contributed by atoms with Crippen LogP contribution >= 0.6 is 11.3 Å². The number of urea groups is 1. The van der Waals surface area contributed by atoms with Gasteiger partial charge in [-0.05, 0) is 23.6 Å². The largest absolute Gasteiger partial charge is 0.488 e. The maximum atomic E-state index is 12.3. The van der Waals surface area contributed by atoms with E-state index in [0.29, 0.717) is 19.6 Å². The van der Waals surface area contributed by atoms with Gasteiger partial charge in [0.2, 0.25) is 0 Å². The van der Waals surface area contributed by atoms with Gasteiger partial charge < -0.3 is 15.0 Å². The minimum Gasteiger partial charge on any atom is -0.488 e. The monoisotopic (exact) mass is 367 g/mol. The third-order valence-electron chi connectivity index (χ3n) is 4.61. The Labute approximate surface area is 156 Å². The van der Waals surface area contributed by atoms with Crippen LogP contribution in [0, 0.1) is 0 Å². The molecule has 3 heterocycles. The van der Waals surface area contributed by atoms with E-state index in [2.05, 4.69) is 10.3 Å². The van der Waals surface area contributed by atoms with Gasteiger partial charge >= 0.3 is 6.03 Å². The number of carbonyl (C=O) groups excluding carboxylic acids is 1. The quantitative estimate of drug-likeness (QED) is 0.757. The zero-order chi connectivity index (χ0) is 17.8. The van der Waals surface area contributed by atoms with Crippen molar-refractivity contribution in [1.29, 1.82) is 0 Å². The summed E-state index contributed by atoms with van der Waals surface area (Å²) in [5.41, 5.74) is 0.895. The number of para-hydroxylation sites is 1. The smallest absolute Gasteiger partial charge is 0.317 e. The SMILES string of the molecule is O=C(NCc1cccs1)N1CCC(Oc2cccc3cccnc23)CC1. The fraction of sp³-hybridized carbons (Fsp3) is 0.300. The zero-order valence-corrected chi connectivity index (χ0v) is 15.2. The Morgan fingerprint density at radius 3 is 2.85 bits per heavy atom. The Kier molecular flexibility index (Phi) is 5.02. The second-order valence-electron chi connectivity index (χ2n) is 6.37. The summed E-state index contributed by atoms with van der Waals surface area (Å²) in [6.45, 7) is 2.01. The molecular formula is C20H21N3O2S. The number of carbonyl (C=O) groups is 1. The van der Waals surface area contributed by atoms with Crippen molar-refractivity contribution in [3.8, 4) is 5.75 Å². The summed E-state index contributed by atoms with van der Waals surface area (Å²) >= 11 is 1.65. The lowest BCUT2D eigenvalue weighted by atomic mass is 10.1. The second kappa shape index (κ2) is 7.74. The highest BCUT2D eigenvalue weighted by Crippen LogP contribution is 2.26. The molecule has 0 radical (unpaired) electrons. The first-order valence-corrected chi connectivity index (χ1v) is 9.73. The molecule has 6 heteroatoms. The summed E-state index contributed by atoms with van der Waals surface area (Å²) in [6, 6.07) is 14.0. The number of hydrogen-bond acceptors (Lipinski definition) is 4. The summed E-state index contributed by atoms with van der Waals surface area (Å²) in [4.78, 5) is 19.8. The van der Waals surface area contributed by atoms with Crippen molar-refractivity contribution < 1.29 is 9.53 Å². The van der Waals surface area contributed by atoms with Crippen LogP contribution < -0.4 is 10.1 Å². The number of ether oxygens (including phenoxy) is 1. The number of thiophene rings is 1. The maximum Gasteiger partial charge on any atom is 0.317 e. The third-order valence-corrected chi connectivity index (χ3v) is 5.49. The highest BCUT2D eigenvalue weighted by atomic mass is 32.1. The van der Waals surface area contributed by atoms with Crippen molar-refractivity contribution in [3.63, 3.8) is 0 Å². The molecular weight excluding hydrogens is 346 g/mol. The van der Waals surface area contributed by atoms with E-state index in [4.69, 9.17) is 4.74 Å². The average molecular weight is 367 g/mol.